The van der Waals surface area contributed by atoms with Crippen molar-refractivity contribution < 1.29 is 19.0 Å². The standard InChI is InChI=1S/C28H49NO5Si/c1-25(2,3)35(7,8)34-20-13-12-17-21-22(19(30)15-28(17,20)16-29-31)27(6)14-10-9-11-18(27)23-24(21)33-26(4,5)32-23/h17-24,30H,9-16H2,1-8H3/t17?,18?,19?,20?,21?,22?,23?,24?,27-,28?/m0/s1. The smallest absolute Gasteiger partial charge is 0.192 e. The molecule has 9 unspecified atom stereocenters. The highest BCUT2D eigenvalue weighted by Crippen LogP contribution is 2.69. The van der Waals surface area contributed by atoms with Crippen LogP contribution in [0, 0.1) is 39.4 Å². The number of hydrogen-bond donors (Lipinski definition) is 1. The van der Waals surface area contributed by atoms with Crippen molar-refractivity contribution in [2.75, 3.05) is 6.54 Å². The van der Waals surface area contributed by atoms with Crippen LogP contribution in [0.25, 0.3) is 0 Å². The fourth-order valence-corrected chi connectivity index (χ4v) is 10.6. The zero-order chi connectivity index (χ0) is 25.6. The van der Waals surface area contributed by atoms with E-state index in [1.165, 1.54) is 12.8 Å². The van der Waals surface area contributed by atoms with E-state index in [-0.39, 0.29) is 53.1 Å². The molecule has 5 rings (SSSR count). The first kappa shape index (κ1) is 26.3. The first-order chi connectivity index (χ1) is 16.2. The van der Waals surface area contributed by atoms with Crippen molar-refractivity contribution in [2.45, 2.75) is 135 Å². The Hall–Kier alpha value is -0.343. The molecule has 4 aliphatic carbocycles. The van der Waals surface area contributed by atoms with Crippen molar-refractivity contribution in [1.29, 1.82) is 0 Å². The molecule has 0 spiro atoms. The minimum Gasteiger partial charge on any atom is -0.413 e. The van der Waals surface area contributed by atoms with E-state index < -0.39 is 25.6 Å². The van der Waals surface area contributed by atoms with E-state index in [2.05, 4.69) is 46.0 Å². The van der Waals surface area contributed by atoms with Gasteiger partial charge in [-0.25, -0.2) is 0 Å². The molecular formula is C28H49NO5Si. The van der Waals surface area contributed by atoms with Crippen LogP contribution in [-0.2, 0) is 13.9 Å². The Bertz CT molecular complexity index is 842. The van der Waals surface area contributed by atoms with E-state index in [4.69, 9.17) is 13.9 Å². The van der Waals surface area contributed by atoms with Crippen LogP contribution in [-0.4, -0.2) is 50.2 Å². The van der Waals surface area contributed by atoms with Crippen molar-refractivity contribution in [3.63, 3.8) is 0 Å². The van der Waals surface area contributed by atoms with Gasteiger partial charge < -0.3 is 19.0 Å². The summed E-state index contributed by atoms with van der Waals surface area (Å²) in [4.78, 5) is 12.0. The van der Waals surface area contributed by atoms with E-state index >= 15 is 0 Å². The molecule has 200 valence electrons. The van der Waals surface area contributed by atoms with Gasteiger partial charge >= 0.3 is 0 Å². The molecule has 0 radical (unpaired) electrons. The first-order valence-corrected chi connectivity index (χ1v) is 17.1. The van der Waals surface area contributed by atoms with Crippen LogP contribution in [0.15, 0.2) is 5.18 Å². The Labute approximate surface area is 213 Å². The zero-order valence-corrected chi connectivity index (χ0v) is 24.3. The minimum absolute atomic E-state index is 0.0341. The van der Waals surface area contributed by atoms with Gasteiger partial charge in [-0.2, -0.15) is 4.91 Å². The monoisotopic (exact) mass is 507 g/mol. The maximum atomic E-state index is 12.0. The van der Waals surface area contributed by atoms with Crippen LogP contribution in [0.1, 0.15) is 86.5 Å². The Morgan fingerprint density at radius 1 is 1.03 bits per heavy atom. The van der Waals surface area contributed by atoms with Crippen LogP contribution < -0.4 is 0 Å². The molecule has 5 fully saturated rings. The number of hydrogen-bond acceptors (Lipinski definition) is 6. The number of aliphatic hydroxyl groups excluding tert-OH is 1. The third kappa shape index (κ3) is 3.85. The maximum Gasteiger partial charge on any atom is 0.192 e. The molecular weight excluding hydrogens is 458 g/mol. The minimum atomic E-state index is -2.06. The number of fused-ring (bicyclic) bond motifs is 8. The van der Waals surface area contributed by atoms with Gasteiger partial charge in [0.1, 0.15) is 0 Å². The molecule has 5 aliphatic rings. The molecule has 7 heteroatoms. The highest BCUT2D eigenvalue weighted by atomic mass is 28.4. The summed E-state index contributed by atoms with van der Waals surface area (Å²) >= 11 is 0. The van der Waals surface area contributed by atoms with Gasteiger partial charge in [0.2, 0.25) is 0 Å². The lowest BCUT2D eigenvalue weighted by molar-refractivity contribution is -0.221. The van der Waals surface area contributed by atoms with Crippen LogP contribution in [0.4, 0.5) is 0 Å². The Kier molecular flexibility index (Phi) is 6.25. The third-order valence-electron chi connectivity index (χ3n) is 11.6. The van der Waals surface area contributed by atoms with Gasteiger partial charge in [0.15, 0.2) is 14.1 Å². The lowest BCUT2D eigenvalue weighted by atomic mass is 9.43. The second kappa shape index (κ2) is 8.33. The number of ether oxygens (including phenoxy) is 2. The van der Waals surface area contributed by atoms with Gasteiger partial charge in [-0.3, -0.25) is 0 Å². The van der Waals surface area contributed by atoms with Crippen LogP contribution in [0.3, 0.4) is 0 Å². The number of nitrogens with zero attached hydrogens (tertiary/aromatic N) is 1. The molecule has 1 N–H and O–H groups in total. The summed E-state index contributed by atoms with van der Waals surface area (Å²) in [6, 6.07) is 0. The number of nitroso groups, excluding NO2 is 1. The van der Waals surface area contributed by atoms with E-state index in [0.717, 1.165) is 25.7 Å². The quantitative estimate of drug-likeness (QED) is 0.359. The zero-order valence-electron chi connectivity index (χ0n) is 23.3. The lowest BCUT2D eigenvalue weighted by Gasteiger charge is -2.64. The van der Waals surface area contributed by atoms with Gasteiger partial charge in [0.25, 0.3) is 0 Å². The third-order valence-corrected chi connectivity index (χ3v) is 16.1. The number of aliphatic hydroxyl groups is 1. The Morgan fingerprint density at radius 2 is 1.71 bits per heavy atom. The summed E-state index contributed by atoms with van der Waals surface area (Å²) in [7, 11) is -2.06. The predicted octanol–water partition coefficient (Wildman–Crippen LogP) is 6.27. The molecule has 10 atom stereocenters. The summed E-state index contributed by atoms with van der Waals surface area (Å²) < 4.78 is 20.4. The number of rotatable bonds is 4. The van der Waals surface area contributed by atoms with E-state index in [1.807, 2.05) is 13.8 Å². The van der Waals surface area contributed by atoms with Crippen LogP contribution >= 0.6 is 0 Å². The fraction of sp³-hybridized carbons (Fsp3) is 1.00. The first-order valence-electron chi connectivity index (χ1n) is 14.2. The maximum absolute atomic E-state index is 12.0. The van der Waals surface area contributed by atoms with Gasteiger partial charge in [-0.05, 0) is 93.2 Å². The van der Waals surface area contributed by atoms with Crippen LogP contribution in [0.2, 0.25) is 18.1 Å². The largest absolute Gasteiger partial charge is 0.413 e. The van der Waals surface area contributed by atoms with Crippen molar-refractivity contribution in [3.8, 4) is 0 Å². The summed E-state index contributed by atoms with van der Waals surface area (Å²) in [5.74, 6) is 0.388. The summed E-state index contributed by atoms with van der Waals surface area (Å²) in [5.41, 5.74) is -0.386. The highest BCUT2D eigenvalue weighted by molar-refractivity contribution is 6.74. The van der Waals surface area contributed by atoms with Crippen molar-refractivity contribution in [3.05, 3.63) is 4.91 Å². The van der Waals surface area contributed by atoms with Crippen molar-refractivity contribution >= 4 is 8.32 Å². The van der Waals surface area contributed by atoms with E-state index in [1.54, 1.807) is 0 Å². The molecule has 0 aromatic carbocycles. The molecule has 0 aromatic heterocycles. The van der Waals surface area contributed by atoms with E-state index in [0.29, 0.717) is 12.3 Å². The molecule has 0 aromatic rings. The van der Waals surface area contributed by atoms with Gasteiger partial charge in [0, 0.05) is 5.41 Å². The summed E-state index contributed by atoms with van der Waals surface area (Å²) in [6.45, 7) is 18.1. The van der Waals surface area contributed by atoms with Gasteiger partial charge in [0.05, 0.1) is 31.0 Å². The molecule has 1 heterocycles. The van der Waals surface area contributed by atoms with E-state index in [9.17, 15) is 10.0 Å². The van der Waals surface area contributed by atoms with Gasteiger partial charge in [-0.15, -0.1) is 0 Å². The van der Waals surface area contributed by atoms with Crippen molar-refractivity contribution in [1.82, 2.24) is 0 Å². The van der Waals surface area contributed by atoms with Crippen molar-refractivity contribution in [2.24, 2.45) is 39.7 Å². The molecule has 1 saturated heterocycles. The second-order valence-electron chi connectivity index (χ2n) is 14.9. The molecule has 6 nitrogen and oxygen atoms in total. The molecule has 0 bridgehead atoms. The predicted molar refractivity (Wildman–Crippen MR) is 139 cm³/mol. The topological polar surface area (TPSA) is 77.4 Å². The Morgan fingerprint density at radius 3 is 2.37 bits per heavy atom. The highest BCUT2D eigenvalue weighted by Gasteiger charge is 2.71. The Balaban J connectivity index is 1.57. The fourth-order valence-electron chi connectivity index (χ4n) is 9.22. The summed E-state index contributed by atoms with van der Waals surface area (Å²) in [5, 5.41) is 15.6. The average Bonchev–Trinajstić information content (AvgIpc) is 3.23. The SMILES string of the molecule is CC1(C)OC2C(O1)C1CCCC[C@]1(C)C1C(O)CC3(CN=O)C(O[Si](C)(C)C(C)(C)C)CCC3C21. The normalized spacial score (nSPS) is 49.1. The molecule has 1 aliphatic heterocycles. The van der Waals surface area contributed by atoms with Crippen LogP contribution in [0.5, 0.6) is 0 Å². The second-order valence-corrected chi connectivity index (χ2v) is 19.6. The van der Waals surface area contributed by atoms with Gasteiger partial charge in [-0.1, -0.05) is 45.7 Å². The molecule has 4 saturated carbocycles. The molecule has 0 amide bonds. The lowest BCUT2D eigenvalue weighted by Crippen LogP contribution is -2.67. The summed E-state index contributed by atoms with van der Waals surface area (Å²) in [6.07, 6.45) is 6.81. The molecule has 35 heavy (non-hydrogen) atoms. The average molecular weight is 508 g/mol.